The van der Waals surface area contributed by atoms with Crippen LogP contribution in [0.5, 0.6) is 5.75 Å². The number of methoxy groups -OCH3 is 1. The van der Waals surface area contributed by atoms with Gasteiger partial charge in [-0.3, -0.25) is 0 Å². The van der Waals surface area contributed by atoms with Crippen molar-refractivity contribution in [2.24, 2.45) is 0 Å². The lowest BCUT2D eigenvalue weighted by Crippen LogP contribution is -2.35. The minimum atomic E-state index is -0.353. The molecule has 5 nitrogen and oxygen atoms in total. The Morgan fingerprint density at radius 2 is 2.00 bits per heavy atom. The summed E-state index contributed by atoms with van der Waals surface area (Å²) in [6, 6.07) is 12.1. The van der Waals surface area contributed by atoms with Gasteiger partial charge in [-0.1, -0.05) is 30.3 Å². The molecule has 128 valence electrons. The SMILES string of the molecule is COC(=O)c1sc(N2CCOCC2)cc1OCCc1ccccc1. The van der Waals surface area contributed by atoms with E-state index in [0.717, 1.165) is 24.5 Å². The van der Waals surface area contributed by atoms with Crippen molar-refractivity contribution in [1.82, 2.24) is 0 Å². The lowest BCUT2D eigenvalue weighted by molar-refractivity contribution is 0.0602. The number of morpholine rings is 1. The summed E-state index contributed by atoms with van der Waals surface area (Å²) in [7, 11) is 1.39. The molecule has 2 heterocycles. The Morgan fingerprint density at radius 3 is 2.71 bits per heavy atom. The van der Waals surface area contributed by atoms with E-state index < -0.39 is 0 Å². The van der Waals surface area contributed by atoms with Crippen molar-refractivity contribution in [3.05, 3.63) is 46.8 Å². The highest BCUT2D eigenvalue weighted by Crippen LogP contribution is 2.36. The first-order chi connectivity index (χ1) is 11.8. The van der Waals surface area contributed by atoms with Gasteiger partial charge >= 0.3 is 5.97 Å². The molecule has 0 unspecified atom stereocenters. The minimum Gasteiger partial charge on any atom is -0.491 e. The summed E-state index contributed by atoms with van der Waals surface area (Å²) in [4.78, 5) is 14.8. The van der Waals surface area contributed by atoms with Crippen LogP contribution in [-0.2, 0) is 15.9 Å². The third kappa shape index (κ3) is 4.07. The predicted molar refractivity (Wildman–Crippen MR) is 94.3 cm³/mol. The van der Waals surface area contributed by atoms with E-state index in [0.29, 0.717) is 30.4 Å². The summed E-state index contributed by atoms with van der Waals surface area (Å²) < 4.78 is 16.2. The highest BCUT2D eigenvalue weighted by Gasteiger charge is 2.22. The zero-order chi connectivity index (χ0) is 16.8. The number of thiophene rings is 1. The molecular formula is C18H21NO4S. The van der Waals surface area contributed by atoms with Gasteiger partial charge in [-0.05, 0) is 5.56 Å². The lowest BCUT2D eigenvalue weighted by atomic mass is 10.2. The number of benzene rings is 1. The van der Waals surface area contributed by atoms with Crippen molar-refractivity contribution < 1.29 is 19.0 Å². The Hall–Kier alpha value is -2.05. The number of hydrogen-bond donors (Lipinski definition) is 0. The molecule has 0 spiro atoms. The first-order valence-electron chi connectivity index (χ1n) is 7.99. The third-order valence-electron chi connectivity index (χ3n) is 3.87. The molecule has 1 fully saturated rings. The normalized spacial score (nSPS) is 14.5. The van der Waals surface area contributed by atoms with E-state index in [1.54, 1.807) is 0 Å². The maximum atomic E-state index is 12.0. The van der Waals surface area contributed by atoms with Gasteiger partial charge in [0.05, 0.1) is 31.9 Å². The Morgan fingerprint density at radius 1 is 1.25 bits per heavy atom. The smallest absolute Gasteiger partial charge is 0.351 e. The predicted octanol–water partition coefficient (Wildman–Crippen LogP) is 2.99. The second kappa shape index (κ2) is 8.17. The fourth-order valence-electron chi connectivity index (χ4n) is 2.57. The fourth-order valence-corrected chi connectivity index (χ4v) is 3.64. The Balaban J connectivity index is 1.70. The molecular weight excluding hydrogens is 326 g/mol. The van der Waals surface area contributed by atoms with Crippen LogP contribution < -0.4 is 9.64 Å². The zero-order valence-corrected chi connectivity index (χ0v) is 14.5. The van der Waals surface area contributed by atoms with Crippen molar-refractivity contribution >= 4 is 22.3 Å². The molecule has 1 aliphatic heterocycles. The molecule has 0 aliphatic carbocycles. The lowest BCUT2D eigenvalue weighted by Gasteiger charge is -2.27. The van der Waals surface area contributed by atoms with E-state index in [1.807, 2.05) is 24.3 Å². The van der Waals surface area contributed by atoms with Gasteiger partial charge in [0.25, 0.3) is 0 Å². The zero-order valence-electron chi connectivity index (χ0n) is 13.7. The van der Waals surface area contributed by atoms with Crippen molar-refractivity contribution in [2.75, 3.05) is 44.9 Å². The summed E-state index contributed by atoms with van der Waals surface area (Å²) in [6.07, 6.45) is 0.796. The number of nitrogens with zero attached hydrogens (tertiary/aromatic N) is 1. The largest absolute Gasteiger partial charge is 0.491 e. The van der Waals surface area contributed by atoms with Crippen molar-refractivity contribution in [1.29, 1.82) is 0 Å². The maximum absolute atomic E-state index is 12.0. The first kappa shape index (κ1) is 16.8. The monoisotopic (exact) mass is 347 g/mol. The van der Waals surface area contributed by atoms with Gasteiger partial charge in [-0.25, -0.2) is 4.79 Å². The van der Waals surface area contributed by atoms with Gasteiger partial charge in [0.15, 0.2) is 4.88 Å². The summed E-state index contributed by atoms with van der Waals surface area (Å²) in [5.41, 5.74) is 1.21. The highest BCUT2D eigenvalue weighted by atomic mass is 32.1. The molecule has 0 radical (unpaired) electrons. The number of carbonyl (C=O) groups is 1. The molecule has 0 atom stereocenters. The van der Waals surface area contributed by atoms with Crippen LogP contribution in [0.25, 0.3) is 0 Å². The van der Waals surface area contributed by atoms with Gasteiger partial charge in [0.2, 0.25) is 0 Å². The van der Waals surface area contributed by atoms with Gasteiger partial charge in [-0.15, -0.1) is 11.3 Å². The van der Waals surface area contributed by atoms with Gasteiger partial charge < -0.3 is 19.1 Å². The highest BCUT2D eigenvalue weighted by molar-refractivity contribution is 7.18. The van der Waals surface area contributed by atoms with E-state index >= 15 is 0 Å². The number of ether oxygens (including phenoxy) is 3. The summed E-state index contributed by atoms with van der Waals surface area (Å²) in [5, 5.41) is 1.02. The first-order valence-corrected chi connectivity index (χ1v) is 8.81. The molecule has 1 aromatic carbocycles. The maximum Gasteiger partial charge on any atom is 0.351 e. The van der Waals surface area contributed by atoms with E-state index in [9.17, 15) is 4.79 Å². The third-order valence-corrected chi connectivity index (χ3v) is 5.03. The molecule has 1 aromatic heterocycles. The van der Waals surface area contributed by atoms with Crippen LogP contribution in [0.1, 0.15) is 15.2 Å². The van der Waals surface area contributed by atoms with Crippen LogP contribution in [0.4, 0.5) is 5.00 Å². The Kier molecular flexibility index (Phi) is 5.72. The standard InChI is InChI=1S/C18H21NO4S/c1-21-18(20)17-15(23-10-7-14-5-3-2-4-6-14)13-16(24-17)19-8-11-22-12-9-19/h2-6,13H,7-12H2,1H3. The van der Waals surface area contributed by atoms with Crippen LogP contribution in [0, 0.1) is 0 Å². The quantitative estimate of drug-likeness (QED) is 0.752. The number of carbonyl (C=O) groups excluding carboxylic acids is 1. The second-order valence-corrected chi connectivity index (χ2v) is 6.48. The minimum absolute atomic E-state index is 0.353. The van der Waals surface area contributed by atoms with Crippen molar-refractivity contribution in [3.8, 4) is 5.75 Å². The van der Waals surface area contributed by atoms with Gasteiger partial charge in [0, 0.05) is 25.6 Å². The van der Waals surface area contributed by atoms with Gasteiger partial charge in [0.1, 0.15) is 5.75 Å². The molecule has 6 heteroatoms. The molecule has 1 saturated heterocycles. The van der Waals surface area contributed by atoms with E-state index in [4.69, 9.17) is 14.2 Å². The number of esters is 1. The summed E-state index contributed by atoms with van der Waals surface area (Å²) >= 11 is 1.42. The average Bonchev–Trinajstić information content (AvgIpc) is 3.07. The van der Waals surface area contributed by atoms with E-state index in [1.165, 1.54) is 24.0 Å². The second-order valence-electron chi connectivity index (χ2n) is 5.45. The van der Waals surface area contributed by atoms with Crippen LogP contribution in [0.15, 0.2) is 36.4 Å². The molecule has 24 heavy (non-hydrogen) atoms. The van der Waals surface area contributed by atoms with Crippen LogP contribution in [0.3, 0.4) is 0 Å². The fraction of sp³-hybridized carbons (Fsp3) is 0.389. The molecule has 0 bridgehead atoms. The molecule has 2 aromatic rings. The van der Waals surface area contributed by atoms with Crippen LogP contribution >= 0.6 is 11.3 Å². The topological polar surface area (TPSA) is 48.0 Å². The summed E-state index contributed by atoms with van der Waals surface area (Å²) in [6.45, 7) is 3.58. The molecule has 3 rings (SSSR count). The Bertz CT molecular complexity index is 665. The number of rotatable bonds is 6. The van der Waals surface area contributed by atoms with Crippen LogP contribution in [0.2, 0.25) is 0 Å². The van der Waals surface area contributed by atoms with Crippen LogP contribution in [-0.4, -0.2) is 46.0 Å². The molecule has 0 N–H and O–H groups in total. The molecule has 0 amide bonds. The van der Waals surface area contributed by atoms with Crippen molar-refractivity contribution in [3.63, 3.8) is 0 Å². The van der Waals surface area contributed by atoms with Gasteiger partial charge in [-0.2, -0.15) is 0 Å². The molecule has 1 aliphatic rings. The Labute approximate surface area is 145 Å². The molecule has 0 saturated carbocycles. The van der Waals surface area contributed by atoms with E-state index in [-0.39, 0.29) is 5.97 Å². The van der Waals surface area contributed by atoms with Crippen molar-refractivity contribution in [2.45, 2.75) is 6.42 Å². The van der Waals surface area contributed by atoms with E-state index in [2.05, 4.69) is 17.0 Å². The number of hydrogen-bond acceptors (Lipinski definition) is 6. The average molecular weight is 347 g/mol. The summed E-state index contributed by atoms with van der Waals surface area (Å²) in [5.74, 6) is 0.249. The number of anilines is 1.